The molecule has 148 valence electrons. The molecular weight excluding hydrogens is 366 g/mol. The van der Waals surface area contributed by atoms with Gasteiger partial charge in [-0.3, -0.25) is 4.98 Å². The van der Waals surface area contributed by atoms with Crippen molar-refractivity contribution in [1.29, 1.82) is 0 Å². The molecule has 0 radical (unpaired) electrons. The maximum Gasteiger partial charge on any atom is 0.330 e. The second kappa shape index (κ2) is 10.7. The zero-order chi connectivity index (χ0) is 20.3. The summed E-state index contributed by atoms with van der Waals surface area (Å²) in [4.78, 5) is 16.0. The molecule has 3 rings (SSSR count). The molecule has 29 heavy (non-hydrogen) atoms. The third kappa shape index (κ3) is 6.81. The minimum absolute atomic E-state index is 0.192. The predicted molar refractivity (Wildman–Crippen MR) is 112 cm³/mol. The summed E-state index contributed by atoms with van der Waals surface area (Å²) in [5.41, 5.74) is 2.79. The lowest BCUT2D eigenvalue weighted by atomic mass is 10.2. The number of rotatable bonds is 9. The van der Waals surface area contributed by atoms with Crippen molar-refractivity contribution in [3.8, 4) is 11.5 Å². The summed E-state index contributed by atoms with van der Waals surface area (Å²) in [5, 5.41) is 0. The quantitative estimate of drug-likeness (QED) is 0.304. The zero-order valence-corrected chi connectivity index (χ0v) is 16.3. The first kappa shape index (κ1) is 20.1. The van der Waals surface area contributed by atoms with Crippen molar-refractivity contribution in [2.24, 2.45) is 0 Å². The van der Waals surface area contributed by atoms with E-state index in [4.69, 9.17) is 14.2 Å². The van der Waals surface area contributed by atoms with E-state index in [9.17, 15) is 4.79 Å². The Morgan fingerprint density at radius 3 is 2.48 bits per heavy atom. The number of carbonyl (C=O) groups is 1. The van der Waals surface area contributed by atoms with Crippen LogP contribution >= 0.6 is 0 Å². The van der Waals surface area contributed by atoms with Gasteiger partial charge in [0.25, 0.3) is 0 Å². The Hall–Kier alpha value is -3.60. The third-order valence-electron chi connectivity index (χ3n) is 4.08. The monoisotopic (exact) mass is 389 g/mol. The molecule has 0 aliphatic carbocycles. The lowest BCUT2D eigenvalue weighted by Gasteiger charge is -2.08. The van der Waals surface area contributed by atoms with E-state index < -0.39 is 5.97 Å². The van der Waals surface area contributed by atoms with E-state index in [2.05, 4.69) is 4.98 Å². The van der Waals surface area contributed by atoms with E-state index >= 15 is 0 Å². The van der Waals surface area contributed by atoms with Crippen LogP contribution < -0.4 is 9.47 Å². The normalized spacial score (nSPS) is 10.7. The fourth-order valence-electron chi connectivity index (χ4n) is 2.54. The summed E-state index contributed by atoms with van der Waals surface area (Å²) < 4.78 is 16.4. The number of ether oxygens (including phenoxy) is 3. The van der Waals surface area contributed by atoms with E-state index in [1.165, 1.54) is 6.08 Å². The molecule has 0 atom stereocenters. The smallest absolute Gasteiger partial charge is 0.330 e. The molecule has 1 heterocycles. The van der Waals surface area contributed by atoms with Gasteiger partial charge in [-0.05, 0) is 54.5 Å². The number of para-hydroxylation sites is 1. The van der Waals surface area contributed by atoms with Gasteiger partial charge in [-0.25, -0.2) is 4.79 Å². The highest BCUT2D eigenvalue weighted by atomic mass is 16.6. The molecule has 5 heteroatoms. The lowest BCUT2D eigenvalue weighted by molar-refractivity contribution is -0.138. The van der Waals surface area contributed by atoms with Crippen LogP contribution in [0.3, 0.4) is 0 Å². The van der Waals surface area contributed by atoms with Crippen molar-refractivity contribution < 1.29 is 19.0 Å². The van der Waals surface area contributed by atoms with Crippen molar-refractivity contribution in [3.63, 3.8) is 0 Å². The fourth-order valence-corrected chi connectivity index (χ4v) is 2.54. The minimum Gasteiger partial charge on any atom is -0.490 e. The molecule has 0 N–H and O–H groups in total. The second-order valence-corrected chi connectivity index (χ2v) is 6.29. The topological polar surface area (TPSA) is 57.7 Å². The number of aryl methyl sites for hydroxylation is 1. The van der Waals surface area contributed by atoms with Crippen LogP contribution in [0.1, 0.15) is 16.8 Å². The van der Waals surface area contributed by atoms with E-state index in [1.807, 2.05) is 73.7 Å². The molecule has 0 unspecified atom stereocenters. The number of carbonyl (C=O) groups excluding carboxylic acids is 1. The first-order valence-corrected chi connectivity index (χ1v) is 9.37. The number of pyridine rings is 1. The third-order valence-corrected chi connectivity index (χ3v) is 4.08. The van der Waals surface area contributed by atoms with Gasteiger partial charge in [-0.1, -0.05) is 36.4 Å². The van der Waals surface area contributed by atoms with Crippen LogP contribution in [0.15, 0.2) is 79.0 Å². The van der Waals surface area contributed by atoms with Gasteiger partial charge in [0, 0.05) is 12.3 Å². The predicted octanol–water partition coefficient (Wildman–Crippen LogP) is 4.60. The molecular formula is C24H23NO4. The van der Waals surface area contributed by atoms with Crippen LogP contribution in [-0.2, 0) is 16.1 Å². The van der Waals surface area contributed by atoms with Crippen LogP contribution in [0.2, 0.25) is 0 Å². The highest BCUT2D eigenvalue weighted by molar-refractivity contribution is 5.87. The summed E-state index contributed by atoms with van der Waals surface area (Å²) in [6, 6.07) is 20.9. The number of esters is 1. The van der Waals surface area contributed by atoms with E-state index in [0.29, 0.717) is 13.2 Å². The molecule has 3 aromatic rings. The molecule has 0 aliphatic heterocycles. The number of hydrogen-bond donors (Lipinski definition) is 0. The molecule has 0 spiro atoms. The number of aromatic nitrogens is 1. The molecule has 0 amide bonds. The van der Waals surface area contributed by atoms with Gasteiger partial charge in [0.1, 0.15) is 31.3 Å². The van der Waals surface area contributed by atoms with Crippen LogP contribution in [0.5, 0.6) is 11.5 Å². The largest absolute Gasteiger partial charge is 0.490 e. The van der Waals surface area contributed by atoms with Crippen molar-refractivity contribution in [3.05, 3.63) is 95.8 Å². The van der Waals surface area contributed by atoms with Crippen molar-refractivity contribution in [2.45, 2.75) is 13.5 Å². The van der Waals surface area contributed by atoms with Crippen molar-refractivity contribution >= 4 is 12.0 Å². The Balaban J connectivity index is 1.38. The Kier molecular flexibility index (Phi) is 7.41. The Morgan fingerprint density at radius 1 is 0.931 bits per heavy atom. The van der Waals surface area contributed by atoms with Gasteiger partial charge >= 0.3 is 5.97 Å². The maximum absolute atomic E-state index is 11.8. The van der Waals surface area contributed by atoms with Gasteiger partial charge in [0.05, 0.1) is 5.69 Å². The fraction of sp³-hybridized carbons (Fsp3) is 0.167. The average Bonchev–Trinajstić information content (AvgIpc) is 2.76. The molecule has 0 aliphatic rings. The van der Waals surface area contributed by atoms with E-state index in [0.717, 1.165) is 28.3 Å². The number of nitrogens with zero attached hydrogens (tertiary/aromatic N) is 1. The summed E-state index contributed by atoms with van der Waals surface area (Å²) >= 11 is 0. The number of hydrogen-bond acceptors (Lipinski definition) is 5. The molecule has 0 saturated carbocycles. The molecule has 1 aromatic heterocycles. The Morgan fingerprint density at radius 2 is 1.72 bits per heavy atom. The van der Waals surface area contributed by atoms with Gasteiger partial charge < -0.3 is 14.2 Å². The van der Waals surface area contributed by atoms with Crippen LogP contribution in [0.4, 0.5) is 0 Å². The first-order valence-electron chi connectivity index (χ1n) is 9.37. The summed E-state index contributed by atoms with van der Waals surface area (Å²) in [5.74, 6) is 1.13. The summed E-state index contributed by atoms with van der Waals surface area (Å²) in [6.07, 6.45) is 4.84. The average molecular weight is 389 g/mol. The Bertz CT molecular complexity index is 937. The SMILES string of the molecule is Cc1ccccc1OCCOC(=O)C=Cc1ccc(OCc2ccccn2)cc1. The van der Waals surface area contributed by atoms with Crippen molar-refractivity contribution in [2.75, 3.05) is 13.2 Å². The molecule has 0 saturated heterocycles. The minimum atomic E-state index is -0.408. The molecule has 5 nitrogen and oxygen atoms in total. The first-order chi connectivity index (χ1) is 14.2. The van der Waals surface area contributed by atoms with E-state index in [-0.39, 0.29) is 6.61 Å². The molecule has 0 fully saturated rings. The van der Waals surface area contributed by atoms with Gasteiger partial charge in [-0.15, -0.1) is 0 Å². The zero-order valence-electron chi connectivity index (χ0n) is 16.3. The van der Waals surface area contributed by atoms with Gasteiger partial charge in [-0.2, -0.15) is 0 Å². The van der Waals surface area contributed by atoms with Crippen LogP contribution in [0.25, 0.3) is 6.08 Å². The van der Waals surface area contributed by atoms with Crippen LogP contribution in [-0.4, -0.2) is 24.2 Å². The Labute approximate surface area is 170 Å². The summed E-state index contributed by atoms with van der Waals surface area (Å²) in [6.45, 7) is 2.89. The van der Waals surface area contributed by atoms with Crippen molar-refractivity contribution in [1.82, 2.24) is 4.98 Å². The lowest BCUT2D eigenvalue weighted by Crippen LogP contribution is -2.10. The van der Waals surface area contributed by atoms with Crippen LogP contribution in [0, 0.1) is 6.92 Å². The highest BCUT2D eigenvalue weighted by Gasteiger charge is 2.01. The molecule has 2 aromatic carbocycles. The summed E-state index contributed by atoms with van der Waals surface area (Å²) in [7, 11) is 0. The molecule has 0 bridgehead atoms. The standard InChI is InChI=1S/C24H23NO4/c1-19-6-2-3-8-23(19)27-16-17-28-24(26)14-11-20-9-12-22(13-10-20)29-18-21-7-4-5-15-25-21/h2-15H,16-18H2,1H3. The highest BCUT2D eigenvalue weighted by Crippen LogP contribution is 2.16. The second-order valence-electron chi connectivity index (χ2n) is 6.29. The van der Waals surface area contributed by atoms with Gasteiger partial charge in [0.2, 0.25) is 0 Å². The maximum atomic E-state index is 11.8. The van der Waals surface area contributed by atoms with Gasteiger partial charge in [0.15, 0.2) is 0 Å². The van der Waals surface area contributed by atoms with E-state index in [1.54, 1.807) is 12.3 Å². The number of benzene rings is 2.